The third-order valence-corrected chi connectivity index (χ3v) is 6.88. The van der Waals surface area contributed by atoms with Crippen LogP contribution in [0.1, 0.15) is 53.4 Å². The first-order valence-corrected chi connectivity index (χ1v) is 11.6. The summed E-state index contributed by atoms with van der Waals surface area (Å²) < 4.78 is 6.09. The summed E-state index contributed by atoms with van der Waals surface area (Å²) in [5.41, 5.74) is 5.16. The molecule has 2 unspecified atom stereocenters. The Bertz CT molecular complexity index is 993. The van der Waals surface area contributed by atoms with Crippen molar-refractivity contribution in [1.29, 1.82) is 0 Å². The molecule has 3 aromatic carbocycles. The molecule has 0 amide bonds. The average molecular weight is 414 g/mol. The smallest absolute Gasteiger partial charge is 0.126 e. The molecule has 2 heterocycles. The highest BCUT2D eigenvalue weighted by Crippen LogP contribution is 2.46. The monoisotopic (exact) mass is 413 g/mol. The number of hydrogen-bond donors (Lipinski definition) is 1. The molecule has 0 radical (unpaired) electrons. The van der Waals surface area contributed by atoms with Crippen LogP contribution in [0.25, 0.3) is 0 Å². The van der Waals surface area contributed by atoms with Gasteiger partial charge in [-0.2, -0.15) is 0 Å². The molecule has 2 aliphatic heterocycles. The number of rotatable bonds is 5. The number of hydrogen-bond acceptors (Lipinski definition) is 3. The molecule has 1 saturated heterocycles. The maximum atomic E-state index is 9.95. The molecule has 2 atom stereocenters. The summed E-state index contributed by atoms with van der Waals surface area (Å²) >= 11 is 0. The highest BCUT2D eigenvalue weighted by atomic mass is 16.5. The van der Waals surface area contributed by atoms with E-state index in [-0.39, 0.29) is 17.6 Å². The lowest BCUT2D eigenvalue weighted by Crippen LogP contribution is -2.31. The SMILES string of the molecule is Oc1ccc2c(c1)OCC(c1ccccc1)C2c1ccc(CCN2CCCCC2)cc1. The summed E-state index contributed by atoms with van der Waals surface area (Å²) in [5.74, 6) is 1.51. The second-order valence-corrected chi connectivity index (χ2v) is 8.92. The number of phenolic OH excluding ortho intramolecular Hbond substituents is 1. The number of likely N-dealkylation sites (tertiary alicyclic amines) is 1. The van der Waals surface area contributed by atoms with Crippen LogP contribution in [0, 0.1) is 0 Å². The van der Waals surface area contributed by atoms with Crippen LogP contribution in [-0.4, -0.2) is 36.2 Å². The fourth-order valence-corrected chi connectivity index (χ4v) is 5.16. The molecule has 5 rings (SSSR count). The van der Waals surface area contributed by atoms with E-state index in [9.17, 15) is 5.11 Å². The van der Waals surface area contributed by atoms with Crippen molar-refractivity contribution in [3.05, 3.63) is 95.1 Å². The summed E-state index contributed by atoms with van der Waals surface area (Å²) in [4.78, 5) is 2.60. The molecular formula is C28H31NO2. The normalized spacial score (nSPS) is 21.3. The standard InChI is InChI=1S/C28H31NO2/c30-24-13-14-25-27(19-24)31-20-26(22-7-3-1-4-8-22)28(25)23-11-9-21(10-12-23)15-18-29-16-5-2-6-17-29/h1,3-4,7-14,19,26,28,30H,2,5-6,15-18,20H2. The van der Waals surface area contributed by atoms with Gasteiger partial charge in [-0.05, 0) is 55.1 Å². The minimum absolute atomic E-state index is 0.211. The van der Waals surface area contributed by atoms with Crippen molar-refractivity contribution in [1.82, 2.24) is 4.90 Å². The van der Waals surface area contributed by atoms with Gasteiger partial charge in [-0.1, -0.05) is 67.1 Å². The van der Waals surface area contributed by atoms with Crippen molar-refractivity contribution in [2.45, 2.75) is 37.5 Å². The number of aromatic hydroxyl groups is 1. The van der Waals surface area contributed by atoms with Crippen LogP contribution in [0.15, 0.2) is 72.8 Å². The van der Waals surface area contributed by atoms with Crippen molar-refractivity contribution in [2.24, 2.45) is 0 Å². The number of ether oxygens (including phenoxy) is 1. The van der Waals surface area contributed by atoms with Gasteiger partial charge in [0.25, 0.3) is 0 Å². The van der Waals surface area contributed by atoms with Crippen LogP contribution >= 0.6 is 0 Å². The van der Waals surface area contributed by atoms with Crippen molar-refractivity contribution >= 4 is 0 Å². The van der Waals surface area contributed by atoms with Gasteiger partial charge in [0.05, 0.1) is 6.61 Å². The number of benzene rings is 3. The van der Waals surface area contributed by atoms with Gasteiger partial charge in [0.2, 0.25) is 0 Å². The average Bonchev–Trinajstić information content (AvgIpc) is 2.83. The van der Waals surface area contributed by atoms with Crippen LogP contribution < -0.4 is 4.74 Å². The van der Waals surface area contributed by atoms with Gasteiger partial charge >= 0.3 is 0 Å². The molecule has 0 aliphatic carbocycles. The van der Waals surface area contributed by atoms with Crippen LogP contribution in [-0.2, 0) is 6.42 Å². The molecule has 160 valence electrons. The highest BCUT2D eigenvalue weighted by molar-refractivity contribution is 5.50. The third-order valence-electron chi connectivity index (χ3n) is 6.88. The van der Waals surface area contributed by atoms with Crippen molar-refractivity contribution in [3.63, 3.8) is 0 Å². The van der Waals surface area contributed by atoms with Gasteiger partial charge in [0.1, 0.15) is 11.5 Å². The zero-order valence-electron chi connectivity index (χ0n) is 18.0. The van der Waals surface area contributed by atoms with E-state index in [1.807, 2.05) is 6.07 Å². The van der Waals surface area contributed by atoms with Gasteiger partial charge in [-0.15, -0.1) is 0 Å². The lowest BCUT2D eigenvalue weighted by atomic mass is 9.75. The molecule has 3 aromatic rings. The van der Waals surface area contributed by atoms with Gasteiger partial charge in [0.15, 0.2) is 0 Å². The predicted molar refractivity (Wildman–Crippen MR) is 125 cm³/mol. The Kier molecular flexibility index (Phi) is 5.95. The van der Waals surface area contributed by atoms with E-state index in [0.29, 0.717) is 6.61 Å². The number of fused-ring (bicyclic) bond motifs is 1. The van der Waals surface area contributed by atoms with E-state index in [1.54, 1.807) is 12.1 Å². The molecule has 31 heavy (non-hydrogen) atoms. The molecule has 0 spiro atoms. The van der Waals surface area contributed by atoms with Crippen LogP contribution in [0.3, 0.4) is 0 Å². The summed E-state index contributed by atoms with van der Waals surface area (Å²) in [6, 6.07) is 25.4. The lowest BCUT2D eigenvalue weighted by Gasteiger charge is -2.34. The summed E-state index contributed by atoms with van der Waals surface area (Å²) in [6.45, 7) is 4.28. The number of phenols is 1. The maximum absolute atomic E-state index is 9.95. The van der Waals surface area contributed by atoms with Crippen molar-refractivity contribution in [3.8, 4) is 11.5 Å². The first kappa shape index (κ1) is 20.1. The molecular weight excluding hydrogens is 382 g/mol. The van der Waals surface area contributed by atoms with Crippen LogP contribution in [0.5, 0.6) is 11.5 Å². The fourth-order valence-electron chi connectivity index (χ4n) is 5.16. The molecule has 0 aromatic heterocycles. The Hall–Kier alpha value is -2.78. The van der Waals surface area contributed by atoms with Crippen LogP contribution in [0.2, 0.25) is 0 Å². The van der Waals surface area contributed by atoms with Crippen molar-refractivity contribution in [2.75, 3.05) is 26.2 Å². The molecule has 1 fully saturated rings. The molecule has 0 bridgehead atoms. The minimum atomic E-state index is 0.211. The Balaban J connectivity index is 1.41. The lowest BCUT2D eigenvalue weighted by molar-refractivity contribution is 0.231. The largest absolute Gasteiger partial charge is 0.508 e. The van der Waals surface area contributed by atoms with Gasteiger partial charge < -0.3 is 14.7 Å². The Morgan fingerprint density at radius 3 is 2.39 bits per heavy atom. The molecule has 3 heteroatoms. The first-order valence-electron chi connectivity index (χ1n) is 11.6. The van der Waals surface area contributed by atoms with Crippen molar-refractivity contribution < 1.29 is 9.84 Å². The van der Waals surface area contributed by atoms with E-state index in [0.717, 1.165) is 24.3 Å². The Labute approximate surface area is 185 Å². The molecule has 3 nitrogen and oxygen atoms in total. The zero-order valence-corrected chi connectivity index (χ0v) is 18.0. The quantitative estimate of drug-likeness (QED) is 0.580. The third kappa shape index (κ3) is 4.47. The summed E-state index contributed by atoms with van der Waals surface area (Å²) in [6.07, 6.45) is 5.19. The van der Waals surface area contributed by atoms with E-state index >= 15 is 0 Å². The summed E-state index contributed by atoms with van der Waals surface area (Å²) in [7, 11) is 0. The zero-order chi connectivity index (χ0) is 21.0. The number of nitrogens with zero attached hydrogens (tertiary/aromatic N) is 1. The van der Waals surface area contributed by atoms with E-state index in [2.05, 4.69) is 59.5 Å². The van der Waals surface area contributed by atoms with E-state index in [1.165, 1.54) is 49.0 Å². The van der Waals surface area contributed by atoms with E-state index in [4.69, 9.17) is 4.74 Å². The molecule has 0 saturated carbocycles. The topological polar surface area (TPSA) is 32.7 Å². The van der Waals surface area contributed by atoms with Gasteiger partial charge in [-0.3, -0.25) is 0 Å². The predicted octanol–water partition coefficient (Wildman–Crippen LogP) is 5.73. The van der Waals surface area contributed by atoms with Gasteiger partial charge in [0, 0.05) is 30.0 Å². The molecule has 1 N–H and O–H groups in total. The first-order chi connectivity index (χ1) is 15.3. The second-order valence-electron chi connectivity index (χ2n) is 8.92. The Morgan fingerprint density at radius 1 is 0.839 bits per heavy atom. The highest BCUT2D eigenvalue weighted by Gasteiger charge is 2.33. The van der Waals surface area contributed by atoms with Gasteiger partial charge in [-0.25, -0.2) is 0 Å². The minimum Gasteiger partial charge on any atom is -0.508 e. The maximum Gasteiger partial charge on any atom is 0.126 e. The summed E-state index contributed by atoms with van der Waals surface area (Å²) in [5, 5.41) is 9.95. The fraction of sp³-hybridized carbons (Fsp3) is 0.357. The molecule has 2 aliphatic rings. The van der Waals surface area contributed by atoms with Crippen LogP contribution in [0.4, 0.5) is 0 Å². The van der Waals surface area contributed by atoms with E-state index < -0.39 is 0 Å². The number of piperidine rings is 1. The Morgan fingerprint density at radius 2 is 1.61 bits per heavy atom. The second kappa shape index (κ2) is 9.15.